The van der Waals surface area contributed by atoms with Crippen molar-refractivity contribution >= 4 is 11.7 Å². The van der Waals surface area contributed by atoms with Gasteiger partial charge in [-0.1, -0.05) is 30.3 Å². The van der Waals surface area contributed by atoms with Crippen LogP contribution in [0.2, 0.25) is 0 Å². The number of nitrogens with two attached hydrogens (primary N) is 1. The van der Waals surface area contributed by atoms with Gasteiger partial charge in [0.15, 0.2) is 11.5 Å². The molecule has 1 saturated carbocycles. The number of amides is 1. The maximum absolute atomic E-state index is 11.9. The Hall–Kier alpha value is -2.37. The fourth-order valence-corrected chi connectivity index (χ4v) is 2.25. The molecule has 19 heavy (non-hydrogen) atoms. The zero-order valence-electron chi connectivity index (χ0n) is 10.4. The number of H-pyrrole nitrogens is 1. The molecule has 0 bridgehead atoms. The van der Waals surface area contributed by atoms with Gasteiger partial charge in [0, 0.05) is 12.0 Å². The Morgan fingerprint density at radius 2 is 2.05 bits per heavy atom. The molecule has 1 aliphatic rings. The van der Waals surface area contributed by atoms with E-state index in [1.54, 1.807) is 0 Å². The van der Waals surface area contributed by atoms with Crippen LogP contribution in [0, 0.1) is 0 Å². The van der Waals surface area contributed by atoms with Crippen molar-refractivity contribution in [2.45, 2.75) is 18.3 Å². The maximum Gasteiger partial charge on any atom is 0.275 e. The van der Waals surface area contributed by atoms with Gasteiger partial charge in [0.2, 0.25) is 0 Å². The molecule has 0 spiro atoms. The molecule has 4 N–H and O–H groups in total. The van der Waals surface area contributed by atoms with Crippen molar-refractivity contribution < 1.29 is 4.79 Å². The van der Waals surface area contributed by atoms with E-state index in [1.807, 2.05) is 18.2 Å². The summed E-state index contributed by atoms with van der Waals surface area (Å²) in [7, 11) is 0. The van der Waals surface area contributed by atoms with Crippen molar-refractivity contribution in [3.63, 3.8) is 0 Å². The van der Waals surface area contributed by atoms with Gasteiger partial charge < -0.3 is 11.1 Å². The number of aromatic amines is 1. The first-order valence-corrected chi connectivity index (χ1v) is 6.21. The summed E-state index contributed by atoms with van der Waals surface area (Å²) in [5.74, 6) is -0.157. The molecular formula is C13H15N5O. The standard InChI is InChI=1S/C13H15N5O/c14-11-10(16-18-17-11)12(19)15-8-13(6-7-13)9-4-2-1-3-5-9/h1-5H,6-8H2,(H,15,19)(H3,14,16,17,18). The molecule has 0 radical (unpaired) electrons. The monoisotopic (exact) mass is 257 g/mol. The predicted octanol–water partition coefficient (Wildman–Crippen LogP) is 0.848. The van der Waals surface area contributed by atoms with Gasteiger partial charge in [-0.15, -0.1) is 10.2 Å². The molecule has 2 aromatic rings. The number of benzene rings is 1. The summed E-state index contributed by atoms with van der Waals surface area (Å²) in [5.41, 5.74) is 7.04. The predicted molar refractivity (Wildman–Crippen MR) is 70.5 cm³/mol. The fraction of sp³-hybridized carbons (Fsp3) is 0.308. The first-order chi connectivity index (χ1) is 9.21. The number of nitrogen functional groups attached to an aromatic ring is 1. The van der Waals surface area contributed by atoms with E-state index in [4.69, 9.17) is 5.73 Å². The number of nitrogens with zero attached hydrogens (tertiary/aromatic N) is 2. The largest absolute Gasteiger partial charge is 0.380 e. The molecule has 6 heteroatoms. The highest BCUT2D eigenvalue weighted by atomic mass is 16.2. The van der Waals surface area contributed by atoms with E-state index in [1.165, 1.54) is 5.56 Å². The zero-order valence-corrected chi connectivity index (χ0v) is 10.4. The SMILES string of the molecule is Nc1n[nH]nc1C(=O)NCC1(c2ccccc2)CC1. The van der Waals surface area contributed by atoms with Crippen LogP contribution in [0.3, 0.4) is 0 Å². The van der Waals surface area contributed by atoms with Crippen molar-refractivity contribution in [3.8, 4) is 0 Å². The molecule has 1 aromatic heterocycles. The lowest BCUT2D eigenvalue weighted by atomic mass is 9.96. The summed E-state index contributed by atoms with van der Waals surface area (Å²) >= 11 is 0. The summed E-state index contributed by atoms with van der Waals surface area (Å²) in [5, 5.41) is 12.6. The molecule has 0 saturated heterocycles. The number of carbonyl (C=O) groups is 1. The van der Waals surface area contributed by atoms with Crippen molar-refractivity contribution in [2.75, 3.05) is 12.3 Å². The molecule has 0 aliphatic heterocycles. The van der Waals surface area contributed by atoms with Crippen LogP contribution >= 0.6 is 0 Å². The normalized spacial score (nSPS) is 16.0. The van der Waals surface area contributed by atoms with Crippen molar-refractivity contribution in [2.24, 2.45) is 0 Å². The van der Waals surface area contributed by atoms with Gasteiger partial charge in [0.05, 0.1) is 0 Å². The fourth-order valence-electron chi connectivity index (χ4n) is 2.25. The van der Waals surface area contributed by atoms with Crippen molar-refractivity contribution in [3.05, 3.63) is 41.6 Å². The highest BCUT2D eigenvalue weighted by Crippen LogP contribution is 2.47. The Balaban J connectivity index is 1.67. The summed E-state index contributed by atoms with van der Waals surface area (Å²) in [6.07, 6.45) is 2.18. The number of nitrogens with one attached hydrogen (secondary N) is 2. The molecule has 6 nitrogen and oxygen atoms in total. The maximum atomic E-state index is 11.9. The van der Waals surface area contributed by atoms with Crippen molar-refractivity contribution in [1.29, 1.82) is 0 Å². The molecule has 1 fully saturated rings. The van der Waals surface area contributed by atoms with E-state index >= 15 is 0 Å². The highest BCUT2D eigenvalue weighted by molar-refractivity contribution is 5.96. The van der Waals surface area contributed by atoms with Crippen LogP contribution < -0.4 is 11.1 Å². The number of aromatic nitrogens is 3. The Morgan fingerprint density at radius 1 is 1.32 bits per heavy atom. The van der Waals surface area contributed by atoms with E-state index in [9.17, 15) is 4.79 Å². The minimum absolute atomic E-state index is 0.0788. The van der Waals surface area contributed by atoms with E-state index in [0.717, 1.165) is 12.8 Å². The highest BCUT2D eigenvalue weighted by Gasteiger charge is 2.44. The summed E-state index contributed by atoms with van der Waals surface area (Å²) in [6, 6.07) is 10.2. The average Bonchev–Trinajstić information content (AvgIpc) is 3.12. The lowest BCUT2D eigenvalue weighted by molar-refractivity contribution is 0.0945. The number of carbonyl (C=O) groups excluding carboxylic acids is 1. The summed E-state index contributed by atoms with van der Waals surface area (Å²) in [4.78, 5) is 11.9. The van der Waals surface area contributed by atoms with Crippen LogP contribution in [-0.4, -0.2) is 27.9 Å². The van der Waals surface area contributed by atoms with Crippen LogP contribution in [0.4, 0.5) is 5.82 Å². The van der Waals surface area contributed by atoms with Crippen LogP contribution in [-0.2, 0) is 5.41 Å². The van der Waals surface area contributed by atoms with Gasteiger partial charge in [-0.05, 0) is 18.4 Å². The van der Waals surface area contributed by atoms with Crippen LogP contribution in [0.5, 0.6) is 0 Å². The average molecular weight is 257 g/mol. The smallest absolute Gasteiger partial charge is 0.275 e. The van der Waals surface area contributed by atoms with E-state index in [0.29, 0.717) is 6.54 Å². The number of rotatable bonds is 4. The number of anilines is 1. The second-order valence-electron chi connectivity index (χ2n) is 4.89. The first kappa shape index (κ1) is 11.7. The number of hydrogen-bond donors (Lipinski definition) is 3. The topological polar surface area (TPSA) is 96.7 Å². The Bertz CT molecular complexity index is 588. The van der Waals surface area contributed by atoms with Gasteiger partial charge in [-0.2, -0.15) is 5.21 Å². The Kier molecular flexibility index (Phi) is 2.70. The minimum atomic E-state index is -0.284. The molecule has 0 unspecified atom stereocenters. The molecule has 1 aromatic carbocycles. The molecular weight excluding hydrogens is 242 g/mol. The number of hydrogen-bond acceptors (Lipinski definition) is 4. The van der Waals surface area contributed by atoms with Gasteiger partial charge in [0.25, 0.3) is 5.91 Å². The second-order valence-corrected chi connectivity index (χ2v) is 4.89. The van der Waals surface area contributed by atoms with Gasteiger partial charge in [-0.3, -0.25) is 4.79 Å². The Morgan fingerprint density at radius 3 is 2.63 bits per heavy atom. The van der Waals surface area contributed by atoms with Crippen molar-refractivity contribution in [1.82, 2.24) is 20.7 Å². The molecule has 0 atom stereocenters. The third-order valence-corrected chi connectivity index (χ3v) is 3.62. The third kappa shape index (κ3) is 2.16. The lowest BCUT2D eigenvalue weighted by Crippen LogP contribution is -2.32. The van der Waals surface area contributed by atoms with Crippen LogP contribution in [0.1, 0.15) is 28.9 Å². The van der Waals surface area contributed by atoms with E-state index in [-0.39, 0.29) is 22.8 Å². The zero-order chi connectivity index (χ0) is 13.3. The molecule has 98 valence electrons. The molecule has 1 aliphatic carbocycles. The van der Waals surface area contributed by atoms with E-state index < -0.39 is 0 Å². The third-order valence-electron chi connectivity index (χ3n) is 3.62. The Labute approximate surface area is 110 Å². The quantitative estimate of drug-likeness (QED) is 0.756. The minimum Gasteiger partial charge on any atom is -0.380 e. The molecule has 1 heterocycles. The molecule has 3 rings (SSSR count). The van der Waals surface area contributed by atoms with Crippen LogP contribution in [0.15, 0.2) is 30.3 Å². The second kappa shape index (κ2) is 4.38. The van der Waals surface area contributed by atoms with Crippen LogP contribution in [0.25, 0.3) is 0 Å². The first-order valence-electron chi connectivity index (χ1n) is 6.21. The summed E-state index contributed by atoms with van der Waals surface area (Å²) < 4.78 is 0. The lowest BCUT2D eigenvalue weighted by Gasteiger charge is -2.16. The van der Waals surface area contributed by atoms with Gasteiger partial charge in [0.1, 0.15) is 0 Å². The van der Waals surface area contributed by atoms with Gasteiger partial charge in [-0.25, -0.2) is 0 Å². The van der Waals surface area contributed by atoms with Gasteiger partial charge >= 0.3 is 0 Å². The summed E-state index contributed by atoms with van der Waals surface area (Å²) in [6.45, 7) is 0.599. The van der Waals surface area contributed by atoms with E-state index in [2.05, 4.69) is 32.9 Å². The molecule has 1 amide bonds.